The lowest BCUT2D eigenvalue weighted by Gasteiger charge is -2.27. The highest BCUT2D eigenvalue weighted by Gasteiger charge is 2.29. The minimum absolute atomic E-state index is 0.0802. The third-order valence-electron chi connectivity index (χ3n) is 15.1. The lowest BCUT2D eigenvalue weighted by molar-refractivity contribution is -0.119. The first-order chi connectivity index (χ1) is 38.8. The zero-order valence-corrected chi connectivity index (χ0v) is 45.3. The molecule has 80 heavy (non-hydrogen) atoms. The molecule has 412 valence electrons. The van der Waals surface area contributed by atoms with Crippen LogP contribution < -0.4 is 36.4 Å². The Morgan fingerprint density at radius 3 is 1.65 bits per heavy atom. The summed E-state index contributed by atoms with van der Waals surface area (Å²) in [7, 11) is 3.08. The molecular weight excluding hydrogens is 1020 g/mol. The number of carbonyl (C=O) groups is 5. The van der Waals surface area contributed by atoms with Crippen molar-refractivity contribution in [2.75, 3.05) is 69.8 Å². The van der Waals surface area contributed by atoms with E-state index in [1.807, 2.05) is 49.4 Å². The number of carbonyl (C=O) groups excluding carboxylic acids is 5. The van der Waals surface area contributed by atoms with Gasteiger partial charge in [-0.15, -0.1) is 0 Å². The molecule has 6 aromatic carbocycles. The molecule has 2 aliphatic heterocycles. The summed E-state index contributed by atoms with van der Waals surface area (Å²) in [6.45, 7) is 9.74. The van der Waals surface area contributed by atoms with Crippen LogP contribution in [0.2, 0.25) is 0 Å². The molecule has 10 rings (SSSR count). The first kappa shape index (κ1) is 54.5. The number of nitrogens with one attached hydrogen (secondary N) is 5. The SMILES string of the molecule is CCN(CC)c1cc2oc(-c3ccc(F)cc3)c(C(=O)NC)c2cc1-c1cc(CCN(CC)c2cc3oc(-c4ccc(F)cc4)c(C(=O)NC)c3cc2-c2cccc(C(=O)NC3CNC(=O)C3)c2)cc(C(=O)NC2CCOCC2)c1. The van der Waals surface area contributed by atoms with Crippen LogP contribution in [0.3, 0.4) is 0 Å². The number of ether oxygens (including phenoxy) is 1. The second kappa shape index (κ2) is 23.6. The molecule has 0 spiro atoms. The zero-order valence-electron chi connectivity index (χ0n) is 45.3. The predicted molar refractivity (Wildman–Crippen MR) is 306 cm³/mol. The van der Waals surface area contributed by atoms with E-state index in [9.17, 15) is 32.8 Å². The van der Waals surface area contributed by atoms with Crippen molar-refractivity contribution in [1.82, 2.24) is 26.6 Å². The Morgan fingerprint density at radius 2 is 1.11 bits per heavy atom. The molecule has 0 radical (unpaired) electrons. The summed E-state index contributed by atoms with van der Waals surface area (Å²) in [5.41, 5.74) is 8.53. The standard InChI is InChI=1S/C63H63F2N7O8/c1-6-71(7-2)51-33-53-50(57(63(77)67-5)59(79-53)38-14-18-44(65)19-15-38)32-48(51)41-26-36(27-42(29-41)61(75)69-45-21-24-78-25-22-45)20-23-72(8-3)52-34-54-49(56(62(76)66-4)58(80-54)37-12-16-43(64)17-13-37)31-47(52)39-10-9-11-40(28-39)60(74)70-46-30-55(73)68-35-46/h9-19,26-29,31-34,45-46H,6-8,20-25,30,35H2,1-5H3,(H,66,76)(H,67,77)(H,68,73)(H,69,75)(H,70,74). The number of hydrogen-bond donors (Lipinski definition) is 5. The van der Waals surface area contributed by atoms with Crippen molar-refractivity contribution >= 4 is 62.8 Å². The van der Waals surface area contributed by atoms with Crippen LogP contribution in [0.5, 0.6) is 0 Å². The summed E-state index contributed by atoms with van der Waals surface area (Å²) < 4.78 is 47.2. The number of anilines is 2. The highest BCUT2D eigenvalue weighted by atomic mass is 19.1. The molecule has 1 unspecified atom stereocenters. The monoisotopic (exact) mass is 1080 g/mol. The summed E-state index contributed by atoms with van der Waals surface area (Å²) in [5.74, 6) is -1.82. The number of fused-ring (bicyclic) bond motifs is 2. The Balaban J connectivity index is 1.10. The maximum atomic E-state index is 14.5. The van der Waals surface area contributed by atoms with Gasteiger partial charge in [-0.1, -0.05) is 18.2 Å². The highest BCUT2D eigenvalue weighted by molar-refractivity contribution is 6.14. The maximum Gasteiger partial charge on any atom is 0.255 e. The van der Waals surface area contributed by atoms with Crippen LogP contribution in [0.1, 0.15) is 87.0 Å². The first-order valence-corrected chi connectivity index (χ1v) is 27.2. The van der Waals surface area contributed by atoms with Gasteiger partial charge in [0, 0.05) is 140 Å². The number of halogens is 2. The second-order valence-electron chi connectivity index (χ2n) is 20.1. The maximum absolute atomic E-state index is 14.5. The Labute approximate surface area is 462 Å². The van der Waals surface area contributed by atoms with E-state index >= 15 is 0 Å². The van der Waals surface area contributed by atoms with E-state index in [2.05, 4.69) is 56.3 Å². The Bertz CT molecular complexity index is 3660. The summed E-state index contributed by atoms with van der Waals surface area (Å²) >= 11 is 0. The molecular formula is C63H63F2N7O8. The van der Waals surface area contributed by atoms with Gasteiger partial charge in [-0.2, -0.15) is 0 Å². The van der Waals surface area contributed by atoms with E-state index in [4.69, 9.17) is 13.6 Å². The van der Waals surface area contributed by atoms with E-state index in [1.54, 1.807) is 49.5 Å². The fraction of sp³-hybridized carbons (Fsp3) is 0.286. The van der Waals surface area contributed by atoms with Crippen molar-refractivity contribution < 1.29 is 46.3 Å². The molecule has 8 aromatic rings. The van der Waals surface area contributed by atoms with Gasteiger partial charge < -0.3 is 50.0 Å². The molecule has 0 aliphatic carbocycles. The van der Waals surface area contributed by atoms with Crippen molar-refractivity contribution in [3.63, 3.8) is 0 Å². The molecule has 15 nitrogen and oxygen atoms in total. The summed E-state index contributed by atoms with van der Waals surface area (Å²) in [6, 6.07) is 31.8. The van der Waals surface area contributed by atoms with Gasteiger partial charge in [-0.3, -0.25) is 24.0 Å². The number of hydrogen-bond acceptors (Lipinski definition) is 10. The Morgan fingerprint density at radius 1 is 0.588 bits per heavy atom. The smallest absolute Gasteiger partial charge is 0.255 e. The van der Waals surface area contributed by atoms with Crippen molar-refractivity contribution in [2.24, 2.45) is 0 Å². The number of benzene rings is 6. The zero-order chi connectivity index (χ0) is 56.2. The highest BCUT2D eigenvalue weighted by Crippen LogP contribution is 2.44. The van der Waals surface area contributed by atoms with Gasteiger partial charge in [-0.25, -0.2) is 8.78 Å². The number of rotatable bonds is 18. The number of furan rings is 2. The van der Waals surface area contributed by atoms with Crippen LogP contribution in [-0.2, 0) is 16.0 Å². The molecule has 0 saturated carbocycles. The molecule has 5 amide bonds. The molecule has 4 heterocycles. The van der Waals surface area contributed by atoms with Crippen LogP contribution in [0.25, 0.3) is 66.8 Å². The third kappa shape index (κ3) is 11.2. The number of nitrogens with zero attached hydrogens (tertiary/aromatic N) is 2. The number of amides is 5. The molecule has 0 bridgehead atoms. The lowest BCUT2D eigenvalue weighted by Crippen LogP contribution is -2.39. The number of likely N-dealkylation sites (N-methyl/N-ethyl adjacent to an activating group) is 1. The average Bonchev–Trinajstić information content (AvgIpc) is 4.35. The van der Waals surface area contributed by atoms with Gasteiger partial charge in [0.15, 0.2) is 0 Å². The van der Waals surface area contributed by atoms with Crippen molar-refractivity contribution in [3.8, 4) is 44.9 Å². The minimum Gasteiger partial charge on any atom is -0.455 e. The topological polar surface area (TPSA) is 187 Å². The van der Waals surface area contributed by atoms with Crippen LogP contribution in [0.4, 0.5) is 20.2 Å². The van der Waals surface area contributed by atoms with Crippen LogP contribution in [-0.4, -0.2) is 102 Å². The van der Waals surface area contributed by atoms with E-state index in [0.29, 0.717) is 132 Å². The quantitative estimate of drug-likeness (QED) is 0.0553. The van der Waals surface area contributed by atoms with Gasteiger partial charge in [0.25, 0.3) is 23.6 Å². The molecule has 2 fully saturated rings. The van der Waals surface area contributed by atoms with Gasteiger partial charge in [0.1, 0.15) is 34.3 Å². The van der Waals surface area contributed by atoms with Crippen molar-refractivity contribution in [2.45, 2.75) is 58.5 Å². The third-order valence-corrected chi connectivity index (χ3v) is 15.1. The molecule has 1 atom stereocenters. The average molecular weight is 1080 g/mol. The van der Waals surface area contributed by atoms with E-state index in [1.165, 1.54) is 31.3 Å². The fourth-order valence-electron chi connectivity index (χ4n) is 10.9. The Hall–Kier alpha value is -8.83. The van der Waals surface area contributed by atoms with Crippen molar-refractivity contribution in [3.05, 3.63) is 155 Å². The van der Waals surface area contributed by atoms with E-state index in [-0.39, 0.29) is 53.5 Å². The van der Waals surface area contributed by atoms with Gasteiger partial charge in [0.05, 0.1) is 17.2 Å². The molecule has 2 aliphatic rings. The Kier molecular flexibility index (Phi) is 16.1. The normalized spacial score (nSPS) is 14.5. The second-order valence-corrected chi connectivity index (χ2v) is 20.1. The van der Waals surface area contributed by atoms with Gasteiger partial charge in [0.2, 0.25) is 5.91 Å². The van der Waals surface area contributed by atoms with Crippen molar-refractivity contribution in [1.29, 1.82) is 0 Å². The van der Waals surface area contributed by atoms with Crippen LogP contribution >= 0.6 is 0 Å². The van der Waals surface area contributed by atoms with E-state index in [0.717, 1.165) is 28.1 Å². The predicted octanol–water partition coefficient (Wildman–Crippen LogP) is 10.3. The first-order valence-electron chi connectivity index (χ1n) is 27.2. The molecule has 5 N–H and O–H groups in total. The lowest BCUT2D eigenvalue weighted by atomic mass is 9.93. The fourth-order valence-corrected chi connectivity index (χ4v) is 10.9. The summed E-state index contributed by atoms with van der Waals surface area (Å²) in [4.78, 5) is 72.4. The molecule has 2 saturated heterocycles. The van der Waals surface area contributed by atoms with Crippen LogP contribution in [0, 0.1) is 11.6 Å². The van der Waals surface area contributed by atoms with Crippen LogP contribution in [0.15, 0.2) is 124 Å². The van der Waals surface area contributed by atoms with Gasteiger partial charge in [-0.05, 0) is 142 Å². The van der Waals surface area contributed by atoms with E-state index < -0.39 is 17.5 Å². The van der Waals surface area contributed by atoms with Gasteiger partial charge >= 0.3 is 0 Å². The molecule has 17 heteroatoms. The minimum atomic E-state index is -0.442. The summed E-state index contributed by atoms with van der Waals surface area (Å²) in [5, 5.41) is 15.6. The largest absolute Gasteiger partial charge is 0.455 e. The summed E-state index contributed by atoms with van der Waals surface area (Å²) in [6.07, 6.45) is 1.96. The molecule has 2 aromatic heterocycles.